The zero-order valence-electron chi connectivity index (χ0n) is 14.2. The van der Waals surface area contributed by atoms with Gasteiger partial charge < -0.3 is 40.4 Å². The van der Waals surface area contributed by atoms with Crippen molar-refractivity contribution in [3.8, 4) is 0 Å². The van der Waals surface area contributed by atoms with E-state index in [9.17, 15) is 19.8 Å². The molecule has 0 saturated carbocycles. The Morgan fingerprint density at radius 1 is 0.654 bits per heavy atom. The Morgan fingerprint density at radius 2 is 0.923 bits per heavy atom. The Labute approximate surface area is 150 Å². The normalized spacial score (nSPS) is 10.6. The number of hydrogen-bond acceptors (Lipinski definition) is 8. The molecule has 6 N–H and O–H groups in total. The predicted molar refractivity (Wildman–Crippen MR) is 93.1 cm³/mol. The maximum atomic E-state index is 11.7. The molecule has 0 atom stereocenters. The summed E-state index contributed by atoms with van der Waals surface area (Å²) in [5, 5.41) is 55.7. The van der Waals surface area contributed by atoms with Gasteiger partial charge in [-0.25, -0.2) is 9.59 Å². The Morgan fingerprint density at radius 3 is 1.12 bits per heavy atom. The summed E-state index contributed by atoms with van der Waals surface area (Å²) in [6, 6.07) is 2.32. The molecule has 0 aliphatic rings. The quantitative estimate of drug-likeness (QED) is 0.259. The van der Waals surface area contributed by atoms with E-state index in [1.807, 2.05) is 0 Å². The zero-order chi connectivity index (χ0) is 19.7. The Hall–Kier alpha value is -2.40. The van der Waals surface area contributed by atoms with Gasteiger partial charge in [-0.1, -0.05) is 0 Å². The van der Waals surface area contributed by atoms with Crippen LogP contribution >= 0.6 is 0 Å². The van der Waals surface area contributed by atoms with Crippen molar-refractivity contribution < 1.29 is 40.2 Å². The predicted octanol–water partition coefficient (Wildman–Crippen LogP) is -1.33. The molecule has 10 heteroatoms. The monoisotopic (exact) mass is 372 g/mol. The second kappa shape index (κ2) is 10.6. The van der Waals surface area contributed by atoms with Gasteiger partial charge in [0.25, 0.3) is 0 Å². The number of carboxylic acid groups (broad SMARTS) is 2. The van der Waals surface area contributed by atoms with E-state index >= 15 is 0 Å². The van der Waals surface area contributed by atoms with Crippen LogP contribution in [0.15, 0.2) is 12.1 Å². The summed E-state index contributed by atoms with van der Waals surface area (Å²) in [6.45, 7) is -1.22. The zero-order valence-corrected chi connectivity index (χ0v) is 14.2. The Kier molecular flexibility index (Phi) is 8.79. The maximum absolute atomic E-state index is 11.7. The van der Waals surface area contributed by atoms with Crippen molar-refractivity contribution in [2.24, 2.45) is 0 Å². The molecule has 0 unspecified atom stereocenters. The smallest absolute Gasteiger partial charge is 0.337 e. The van der Waals surface area contributed by atoms with Gasteiger partial charge in [0.05, 0.1) is 48.9 Å². The lowest BCUT2D eigenvalue weighted by molar-refractivity contribution is 0.0682. The summed E-state index contributed by atoms with van der Waals surface area (Å²) in [6.07, 6.45) is 0. The van der Waals surface area contributed by atoms with Gasteiger partial charge in [0.2, 0.25) is 0 Å². The van der Waals surface area contributed by atoms with Crippen LogP contribution in [-0.2, 0) is 0 Å². The highest BCUT2D eigenvalue weighted by atomic mass is 16.4. The molecule has 26 heavy (non-hydrogen) atoms. The van der Waals surface area contributed by atoms with Gasteiger partial charge in [-0.05, 0) is 12.1 Å². The molecule has 0 aliphatic carbocycles. The second-order valence-corrected chi connectivity index (χ2v) is 5.37. The summed E-state index contributed by atoms with van der Waals surface area (Å²) in [7, 11) is 0. The number of hydrogen-bond donors (Lipinski definition) is 6. The van der Waals surface area contributed by atoms with Crippen LogP contribution in [0.3, 0.4) is 0 Å². The number of aliphatic hydroxyl groups is 4. The number of carbonyl (C=O) groups is 2. The standard InChI is InChI=1S/C16H24N2O8/c19-5-1-17(2-6-20)13-9-12(16(25)26)14(10-11(13)15(23)24)18(3-7-21)4-8-22/h9-10,19-22H,1-8H2,(H,23,24)(H,25,26). The molecule has 0 amide bonds. The van der Waals surface area contributed by atoms with E-state index in [-0.39, 0.29) is 75.1 Å². The third kappa shape index (κ3) is 5.30. The number of nitrogens with zero attached hydrogens (tertiary/aromatic N) is 2. The van der Waals surface area contributed by atoms with Crippen LogP contribution in [-0.4, -0.2) is 95.2 Å². The van der Waals surface area contributed by atoms with Crippen LogP contribution in [0.1, 0.15) is 20.7 Å². The van der Waals surface area contributed by atoms with Crippen molar-refractivity contribution in [2.75, 3.05) is 62.4 Å². The fraction of sp³-hybridized carbons (Fsp3) is 0.500. The third-order valence-electron chi connectivity index (χ3n) is 3.74. The van der Waals surface area contributed by atoms with Crippen LogP contribution in [0, 0.1) is 0 Å². The van der Waals surface area contributed by atoms with Crippen molar-refractivity contribution >= 4 is 23.3 Å². The first-order valence-corrected chi connectivity index (χ1v) is 7.99. The molecular weight excluding hydrogens is 348 g/mol. The summed E-state index contributed by atoms with van der Waals surface area (Å²) < 4.78 is 0. The molecule has 0 radical (unpaired) electrons. The number of rotatable bonds is 12. The lowest BCUT2D eigenvalue weighted by atomic mass is 10.0. The minimum atomic E-state index is -1.31. The van der Waals surface area contributed by atoms with E-state index in [0.717, 1.165) is 12.1 Å². The van der Waals surface area contributed by atoms with Crippen LogP contribution in [0.2, 0.25) is 0 Å². The first kappa shape index (κ1) is 21.6. The highest BCUT2D eigenvalue weighted by Crippen LogP contribution is 2.31. The second-order valence-electron chi connectivity index (χ2n) is 5.37. The number of aromatic carboxylic acids is 2. The molecular formula is C16H24N2O8. The van der Waals surface area contributed by atoms with Gasteiger partial charge in [-0.2, -0.15) is 0 Å². The fourth-order valence-corrected chi connectivity index (χ4v) is 2.63. The summed E-state index contributed by atoms with van der Waals surface area (Å²) >= 11 is 0. The van der Waals surface area contributed by atoms with E-state index in [1.165, 1.54) is 9.80 Å². The lowest BCUT2D eigenvalue weighted by Crippen LogP contribution is -2.33. The molecule has 1 aromatic rings. The molecule has 0 spiro atoms. The van der Waals surface area contributed by atoms with Gasteiger partial charge in [0.1, 0.15) is 0 Å². The number of aliphatic hydroxyl groups excluding tert-OH is 4. The topological polar surface area (TPSA) is 162 Å². The van der Waals surface area contributed by atoms with Crippen LogP contribution in [0.4, 0.5) is 11.4 Å². The van der Waals surface area contributed by atoms with Gasteiger partial charge in [-0.3, -0.25) is 0 Å². The largest absolute Gasteiger partial charge is 0.478 e. The third-order valence-corrected chi connectivity index (χ3v) is 3.74. The minimum Gasteiger partial charge on any atom is -0.478 e. The molecule has 1 rings (SSSR count). The van der Waals surface area contributed by atoms with Crippen LogP contribution in [0.25, 0.3) is 0 Å². The summed E-state index contributed by atoms with van der Waals surface area (Å²) in [4.78, 5) is 26.1. The molecule has 0 aromatic heterocycles. The van der Waals surface area contributed by atoms with Crippen LogP contribution < -0.4 is 9.80 Å². The van der Waals surface area contributed by atoms with Gasteiger partial charge in [0, 0.05) is 26.2 Å². The summed E-state index contributed by atoms with van der Waals surface area (Å²) in [5.41, 5.74) is -0.329. The van der Waals surface area contributed by atoms with Crippen molar-refractivity contribution in [3.05, 3.63) is 23.3 Å². The van der Waals surface area contributed by atoms with E-state index in [0.29, 0.717) is 0 Å². The SMILES string of the molecule is O=C(O)c1cc(N(CCO)CCO)c(C(=O)O)cc1N(CCO)CCO. The maximum Gasteiger partial charge on any atom is 0.337 e. The molecule has 0 heterocycles. The summed E-state index contributed by atoms with van der Waals surface area (Å²) in [5.74, 6) is -2.63. The van der Waals surface area contributed by atoms with Gasteiger partial charge in [0.15, 0.2) is 0 Å². The van der Waals surface area contributed by atoms with E-state index in [1.54, 1.807) is 0 Å². The Bertz CT molecular complexity index is 557. The lowest BCUT2D eigenvalue weighted by Gasteiger charge is -2.29. The van der Waals surface area contributed by atoms with Crippen molar-refractivity contribution in [1.82, 2.24) is 0 Å². The van der Waals surface area contributed by atoms with Gasteiger partial charge >= 0.3 is 11.9 Å². The number of anilines is 2. The molecule has 0 bridgehead atoms. The van der Waals surface area contributed by atoms with Crippen molar-refractivity contribution in [2.45, 2.75) is 0 Å². The van der Waals surface area contributed by atoms with Crippen molar-refractivity contribution in [3.63, 3.8) is 0 Å². The van der Waals surface area contributed by atoms with Gasteiger partial charge in [-0.15, -0.1) is 0 Å². The highest BCUT2D eigenvalue weighted by Gasteiger charge is 2.24. The number of carboxylic acids is 2. The average molecular weight is 372 g/mol. The fourth-order valence-electron chi connectivity index (χ4n) is 2.63. The van der Waals surface area contributed by atoms with Crippen LogP contribution in [0.5, 0.6) is 0 Å². The Balaban J connectivity index is 3.60. The molecule has 0 aliphatic heterocycles. The van der Waals surface area contributed by atoms with E-state index in [2.05, 4.69) is 0 Å². The van der Waals surface area contributed by atoms with E-state index < -0.39 is 11.9 Å². The molecule has 0 fully saturated rings. The first-order valence-electron chi connectivity index (χ1n) is 7.99. The molecule has 146 valence electrons. The molecule has 10 nitrogen and oxygen atoms in total. The average Bonchev–Trinajstić information content (AvgIpc) is 2.60. The number of benzene rings is 1. The first-order chi connectivity index (χ1) is 12.4. The van der Waals surface area contributed by atoms with Crippen molar-refractivity contribution in [1.29, 1.82) is 0 Å². The minimum absolute atomic E-state index is 0.0102. The molecule has 1 aromatic carbocycles. The van der Waals surface area contributed by atoms with E-state index in [4.69, 9.17) is 20.4 Å². The highest BCUT2D eigenvalue weighted by molar-refractivity contribution is 6.02. The molecule has 0 saturated heterocycles.